The Morgan fingerprint density at radius 3 is 2.36 bits per heavy atom. The predicted molar refractivity (Wildman–Crippen MR) is 97.9 cm³/mol. The van der Waals surface area contributed by atoms with Gasteiger partial charge in [-0.25, -0.2) is 0 Å². The molecule has 4 heteroatoms. The fraction of sp³-hybridized carbons (Fsp3) is 0.238. The molecule has 0 aliphatic rings. The van der Waals surface area contributed by atoms with Crippen LogP contribution in [0.3, 0.4) is 0 Å². The molecule has 0 N–H and O–H groups in total. The molecule has 2 aromatic carbocycles. The van der Waals surface area contributed by atoms with Gasteiger partial charge in [-0.05, 0) is 17.0 Å². The first kappa shape index (κ1) is 17.0. The van der Waals surface area contributed by atoms with Crippen molar-refractivity contribution < 1.29 is 13.9 Å². The van der Waals surface area contributed by atoms with Crippen molar-refractivity contribution in [3.63, 3.8) is 0 Å². The summed E-state index contributed by atoms with van der Waals surface area (Å²) in [6.45, 7) is 7.36. The van der Waals surface area contributed by atoms with Gasteiger partial charge in [0.25, 0.3) is 0 Å². The molecule has 0 aliphatic carbocycles. The summed E-state index contributed by atoms with van der Waals surface area (Å²) in [5, 5.41) is 0.474. The molecular formula is C21H20O4. The second-order valence-corrected chi connectivity index (χ2v) is 7.03. The van der Waals surface area contributed by atoms with Crippen LogP contribution in [0.1, 0.15) is 33.3 Å². The summed E-state index contributed by atoms with van der Waals surface area (Å²) in [5.41, 5.74) is 2.09. The van der Waals surface area contributed by atoms with Crippen LogP contribution in [-0.4, -0.2) is 5.97 Å². The monoisotopic (exact) mass is 336 g/mol. The van der Waals surface area contributed by atoms with Crippen LogP contribution in [0.5, 0.6) is 5.75 Å². The molecule has 3 rings (SSSR count). The van der Waals surface area contributed by atoms with Gasteiger partial charge in [0.15, 0.2) is 0 Å². The first-order valence-corrected chi connectivity index (χ1v) is 8.11. The lowest BCUT2D eigenvalue weighted by molar-refractivity contribution is -0.131. The summed E-state index contributed by atoms with van der Waals surface area (Å²) in [5.74, 6) is 0.0104. The van der Waals surface area contributed by atoms with Crippen LogP contribution in [-0.2, 0) is 10.2 Å². The lowest BCUT2D eigenvalue weighted by atomic mass is 9.85. The van der Waals surface area contributed by atoms with E-state index in [1.54, 1.807) is 12.1 Å². The predicted octanol–water partition coefficient (Wildman–Crippen LogP) is 4.68. The van der Waals surface area contributed by atoms with Gasteiger partial charge in [-0.2, -0.15) is 0 Å². The van der Waals surface area contributed by atoms with Gasteiger partial charge in [0, 0.05) is 18.6 Å². The smallest absolute Gasteiger partial charge is 0.308 e. The van der Waals surface area contributed by atoms with Gasteiger partial charge in [0.2, 0.25) is 5.43 Å². The van der Waals surface area contributed by atoms with Crippen molar-refractivity contribution in [1.82, 2.24) is 0 Å². The maximum Gasteiger partial charge on any atom is 0.308 e. The summed E-state index contributed by atoms with van der Waals surface area (Å²) in [6, 6.07) is 12.8. The molecule has 0 spiro atoms. The summed E-state index contributed by atoms with van der Waals surface area (Å²) >= 11 is 0. The van der Waals surface area contributed by atoms with E-state index in [9.17, 15) is 9.59 Å². The molecule has 4 nitrogen and oxygen atoms in total. The number of hydrogen-bond donors (Lipinski definition) is 0. The van der Waals surface area contributed by atoms with E-state index in [0.717, 1.165) is 11.1 Å². The third kappa shape index (κ3) is 3.33. The van der Waals surface area contributed by atoms with E-state index in [1.165, 1.54) is 13.2 Å². The fourth-order valence-corrected chi connectivity index (χ4v) is 2.80. The Bertz CT molecular complexity index is 992. The van der Waals surface area contributed by atoms with Gasteiger partial charge >= 0.3 is 5.97 Å². The van der Waals surface area contributed by atoms with Crippen LogP contribution >= 0.6 is 0 Å². The molecule has 0 atom stereocenters. The second-order valence-electron chi connectivity index (χ2n) is 7.03. The molecule has 3 aromatic rings. The normalized spacial score (nSPS) is 11.5. The van der Waals surface area contributed by atoms with Gasteiger partial charge < -0.3 is 9.15 Å². The minimum Gasteiger partial charge on any atom is -0.463 e. The van der Waals surface area contributed by atoms with Crippen molar-refractivity contribution in [3.8, 4) is 16.9 Å². The molecule has 128 valence electrons. The van der Waals surface area contributed by atoms with Crippen LogP contribution in [0.2, 0.25) is 0 Å². The molecule has 1 heterocycles. The molecule has 0 saturated heterocycles. The zero-order valence-corrected chi connectivity index (χ0v) is 14.8. The van der Waals surface area contributed by atoms with E-state index < -0.39 is 5.97 Å². The number of ether oxygens (including phenoxy) is 1. The summed E-state index contributed by atoms with van der Waals surface area (Å²) in [4.78, 5) is 24.4. The van der Waals surface area contributed by atoms with E-state index in [4.69, 9.17) is 9.15 Å². The van der Waals surface area contributed by atoms with Gasteiger partial charge in [-0.15, -0.1) is 0 Å². The summed E-state index contributed by atoms with van der Waals surface area (Å²) in [7, 11) is 0. The molecule has 0 fully saturated rings. The fourth-order valence-electron chi connectivity index (χ4n) is 2.80. The third-order valence-electron chi connectivity index (χ3n) is 4.02. The number of carbonyl (C=O) groups excluding carboxylic acids is 1. The Balaban J connectivity index is 2.29. The third-order valence-corrected chi connectivity index (χ3v) is 4.02. The Labute approximate surface area is 146 Å². The lowest BCUT2D eigenvalue weighted by Crippen LogP contribution is -2.16. The highest BCUT2D eigenvalue weighted by molar-refractivity contribution is 5.85. The molecule has 0 bridgehead atoms. The summed E-state index contributed by atoms with van der Waals surface area (Å²) < 4.78 is 11.0. The SMILES string of the molecule is CC(=O)Oc1cc2occ(-c3ccccc3)c(=O)c2cc1C(C)(C)C. The Hall–Kier alpha value is -2.88. The van der Waals surface area contributed by atoms with Crippen LogP contribution in [0.15, 0.2) is 57.9 Å². The number of benzene rings is 2. The van der Waals surface area contributed by atoms with Gasteiger partial charge in [0.1, 0.15) is 17.6 Å². The Kier molecular flexibility index (Phi) is 4.21. The van der Waals surface area contributed by atoms with E-state index in [-0.39, 0.29) is 10.8 Å². The molecule has 25 heavy (non-hydrogen) atoms. The number of esters is 1. The minimum atomic E-state index is -0.409. The number of rotatable bonds is 2. The maximum atomic E-state index is 13.0. The molecular weight excluding hydrogens is 316 g/mol. The van der Waals surface area contributed by atoms with Gasteiger partial charge in [0.05, 0.1) is 10.9 Å². The second kappa shape index (κ2) is 6.20. The number of carbonyl (C=O) groups is 1. The molecule has 0 amide bonds. The molecule has 0 unspecified atom stereocenters. The first-order valence-electron chi connectivity index (χ1n) is 8.11. The number of fused-ring (bicyclic) bond motifs is 1. The number of hydrogen-bond acceptors (Lipinski definition) is 4. The molecule has 0 saturated carbocycles. The minimum absolute atomic E-state index is 0.104. The molecule has 1 aromatic heterocycles. The van der Waals surface area contributed by atoms with Crippen molar-refractivity contribution in [2.24, 2.45) is 0 Å². The molecule has 0 radical (unpaired) electrons. The van der Waals surface area contributed by atoms with Gasteiger partial charge in [-0.3, -0.25) is 9.59 Å². The van der Waals surface area contributed by atoms with Crippen LogP contribution < -0.4 is 10.2 Å². The standard InChI is InChI=1S/C21H20O4/c1-13(22)25-19-11-18-15(10-17(19)21(2,3)4)20(23)16(12-24-18)14-8-6-5-7-9-14/h5-12H,1-4H3. The highest BCUT2D eigenvalue weighted by Crippen LogP contribution is 2.35. The lowest BCUT2D eigenvalue weighted by Gasteiger charge is -2.22. The Morgan fingerprint density at radius 1 is 1.08 bits per heavy atom. The average molecular weight is 336 g/mol. The highest BCUT2D eigenvalue weighted by atomic mass is 16.5. The maximum absolute atomic E-state index is 13.0. The van der Waals surface area contributed by atoms with E-state index in [2.05, 4.69) is 0 Å². The highest BCUT2D eigenvalue weighted by Gasteiger charge is 2.23. The van der Waals surface area contributed by atoms with E-state index >= 15 is 0 Å². The van der Waals surface area contributed by atoms with Crippen LogP contribution in [0.25, 0.3) is 22.1 Å². The topological polar surface area (TPSA) is 56.5 Å². The van der Waals surface area contributed by atoms with E-state index in [0.29, 0.717) is 22.3 Å². The first-order chi connectivity index (χ1) is 11.8. The van der Waals surface area contributed by atoms with Crippen molar-refractivity contribution in [2.45, 2.75) is 33.1 Å². The largest absolute Gasteiger partial charge is 0.463 e. The quantitative estimate of drug-likeness (QED) is 0.503. The van der Waals surface area contributed by atoms with Crippen molar-refractivity contribution in [1.29, 1.82) is 0 Å². The van der Waals surface area contributed by atoms with Crippen molar-refractivity contribution in [3.05, 3.63) is 64.5 Å². The summed E-state index contributed by atoms with van der Waals surface area (Å²) in [6.07, 6.45) is 1.45. The zero-order valence-electron chi connectivity index (χ0n) is 14.8. The average Bonchev–Trinajstić information content (AvgIpc) is 2.54. The Morgan fingerprint density at radius 2 is 1.76 bits per heavy atom. The van der Waals surface area contributed by atoms with Crippen LogP contribution in [0.4, 0.5) is 0 Å². The van der Waals surface area contributed by atoms with Crippen LogP contribution in [0, 0.1) is 0 Å². The van der Waals surface area contributed by atoms with E-state index in [1.807, 2.05) is 51.1 Å². The van der Waals surface area contributed by atoms with Crippen molar-refractivity contribution in [2.75, 3.05) is 0 Å². The zero-order chi connectivity index (χ0) is 18.2. The van der Waals surface area contributed by atoms with Crippen molar-refractivity contribution >= 4 is 16.9 Å². The van der Waals surface area contributed by atoms with Gasteiger partial charge in [-0.1, -0.05) is 51.1 Å². The molecule has 0 aliphatic heterocycles.